The van der Waals surface area contributed by atoms with E-state index in [1.165, 1.54) is 0 Å². The maximum Gasteiger partial charge on any atom is 0.266 e. The average molecular weight is 297 g/mol. The summed E-state index contributed by atoms with van der Waals surface area (Å²) in [5.41, 5.74) is -0.736. The summed E-state index contributed by atoms with van der Waals surface area (Å²) in [6, 6.07) is 0. The molecule has 1 heterocycles. The first kappa shape index (κ1) is 12.9. The Balaban J connectivity index is 3.59. The van der Waals surface area contributed by atoms with Crippen molar-refractivity contribution in [2.45, 2.75) is 11.3 Å². The molecule has 0 unspecified atom stereocenters. The Labute approximate surface area is 98.4 Å². The van der Waals surface area contributed by atoms with Gasteiger partial charge in [-0.05, 0) is 0 Å². The van der Waals surface area contributed by atoms with Gasteiger partial charge < -0.3 is 0 Å². The first-order valence-corrected chi connectivity index (χ1v) is 6.38. The fourth-order valence-electron chi connectivity index (χ4n) is 0.823. The average Bonchev–Trinajstić information content (AvgIpc) is 2.00. The number of hydrogen-bond acceptors (Lipinski definition) is 3. The van der Waals surface area contributed by atoms with Crippen molar-refractivity contribution in [2.24, 2.45) is 0 Å². The summed E-state index contributed by atoms with van der Waals surface area (Å²) < 4.78 is 46.6. The van der Waals surface area contributed by atoms with Gasteiger partial charge in [0.05, 0.1) is 10.6 Å². The van der Waals surface area contributed by atoms with Crippen molar-refractivity contribution in [2.75, 3.05) is 0 Å². The second-order valence-electron chi connectivity index (χ2n) is 2.39. The third-order valence-corrected chi connectivity index (χ3v) is 3.70. The van der Waals surface area contributed by atoms with Crippen LogP contribution in [0.1, 0.15) is 12.0 Å². The smallest absolute Gasteiger partial charge is 0.243 e. The van der Waals surface area contributed by atoms with Gasteiger partial charge in [-0.3, -0.25) is 0 Å². The Hall–Kier alpha value is -0.170. The summed E-state index contributed by atoms with van der Waals surface area (Å²) in [5, 5.41) is -1.25. The number of halogens is 5. The van der Waals surface area contributed by atoms with Crippen LogP contribution in [-0.4, -0.2) is 13.4 Å². The second-order valence-corrected chi connectivity index (χ2v) is 5.62. The van der Waals surface area contributed by atoms with Crippen molar-refractivity contribution in [3.05, 3.63) is 21.9 Å². The fraction of sp³-hybridized carbons (Fsp3) is 0.167. The lowest BCUT2D eigenvalue weighted by atomic mass is 10.3. The van der Waals surface area contributed by atoms with E-state index in [1.807, 2.05) is 0 Å². The van der Waals surface area contributed by atoms with Crippen LogP contribution in [0.4, 0.5) is 8.78 Å². The highest BCUT2D eigenvalue weighted by atomic mass is 35.7. The molecule has 0 aliphatic rings. The van der Waals surface area contributed by atoms with Crippen LogP contribution < -0.4 is 0 Å². The lowest BCUT2D eigenvalue weighted by Gasteiger charge is -2.07. The van der Waals surface area contributed by atoms with Gasteiger partial charge in [0.1, 0.15) is 10.0 Å². The van der Waals surface area contributed by atoms with Crippen molar-refractivity contribution < 1.29 is 17.2 Å². The van der Waals surface area contributed by atoms with E-state index in [9.17, 15) is 17.2 Å². The SMILES string of the molecule is O=S(=O)(Cl)c1c(Cl)ncc(C(F)F)c1Cl. The molecular formula is C6H2Cl3F2NO2S. The molecule has 0 bridgehead atoms. The molecule has 1 aromatic rings. The molecule has 0 saturated carbocycles. The van der Waals surface area contributed by atoms with E-state index < -0.39 is 36.1 Å². The Morgan fingerprint density at radius 2 is 1.87 bits per heavy atom. The van der Waals surface area contributed by atoms with Gasteiger partial charge in [0.2, 0.25) is 0 Å². The number of rotatable bonds is 2. The topological polar surface area (TPSA) is 47.0 Å². The molecule has 3 nitrogen and oxygen atoms in total. The Morgan fingerprint density at radius 3 is 2.27 bits per heavy atom. The summed E-state index contributed by atoms with van der Waals surface area (Å²) >= 11 is 10.8. The Bertz CT molecular complexity index is 491. The number of nitrogens with zero attached hydrogens (tertiary/aromatic N) is 1. The summed E-state index contributed by atoms with van der Waals surface area (Å²) in [6.45, 7) is 0. The highest BCUT2D eigenvalue weighted by Crippen LogP contribution is 2.36. The van der Waals surface area contributed by atoms with Crippen LogP contribution >= 0.6 is 33.9 Å². The molecule has 0 saturated heterocycles. The maximum absolute atomic E-state index is 12.3. The molecule has 0 aliphatic carbocycles. The predicted molar refractivity (Wildman–Crippen MR) is 52.3 cm³/mol. The molecule has 9 heteroatoms. The molecule has 1 rings (SSSR count). The zero-order chi connectivity index (χ0) is 11.8. The lowest BCUT2D eigenvalue weighted by Crippen LogP contribution is -1.99. The summed E-state index contributed by atoms with van der Waals surface area (Å²) in [7, 11) is 0.657. The largest absolute Gasteiger partial charge is 0.266 e. The second kappa shape index (κ2) is 4.37. The van der Waals surface area contributed by atoms with Crippen LogP contribution in [0.15, 0.2) is 11.1 Å². The van der Waals surface area contributed by atoms with Gasteiger partial charge in [-0.2, -0.15) is 0 Å². The summed E-state index contributed by atoms with van der Waals surface area (Å²) in [5.74, 6) is 0. The molecule has 0 N–H and O–H groups in total. The van der Waals surface area contributed by atoms with Crippen LogP contribution in [-0.2, 0) is 9.05 Å². The van der Waals surface area contributed by atoms with E-state index in [0.717, 1.165) is 0 Å². The van der Waals surface area contributed by atoms with Gasteiger partial charge in [-0.1, -0.05) is 23.2 Å². The minimum atomic E-state index is -4.31. The number of pyridine rings is 1. The Kier molecular flexibility index (Phi) is 3.76. The van der Waals surface area contributed by atoms with E-state index in [1.54, 1.807) is 0 Å². The third kappa shape index (κ3) is 2.69. The molecule has 0 spiro atoms. The fourth-order valence-corrected chi connectivity index (χ4v) is 3.12. The molecule has 0 atom stereocenters. The predicted octanol–water partition coefficient (Wildman–Crippen LogP) is 3.25. The van der Waals surface area contributed by atoms with Crippen molar-refractivity contribution in [3.63, 3.8) is 0 Å². The molecule has 15 heavy (non-hydrogen) atoms. The zero-order valence-corrected chi connectivity index (χ0v) is 9.80. The van der Waals surface area contributed by atoms with E-state index in [-0.39, 0.29) is 0 Å². The quantitative estimate of drug-likeness (QED) is 0.621. The molecule has 1 aromatic heterocycles. The summed E-state index contributed by atoms with van der Waals surface area (Å²) in [6.07, 6.45) is -2.26. The third-order valence-electron chi connectivity index (χ3n) is 1.44. The van der Waals surface area contributed by atoms with Crippen molar-refractivity contribution in [1.82, 2.24) is 4.98 Å². The van der Waals surface area contributed by atoms with E-state index in [0.29, 0.717) is 6.20 Å². The van der Waals surface area contributed by atoms with E-state index in [2.05, 4.69) is 4.98 Å². The van der Waals surface area contributed by atoms with E-state index in [4.69, 9.17) is 33.9 Å². The molecule has 0 amide bonds. The van der Waals surface area contributed by atoms with Gasteiger partial charge in [0.15, 0.2) is 0 Å². The van der Waals surface area contributed by atoms with Gasteiger partial charge in [0, 0.05) is 16.9 Å². The lowest BCUT2D eigenvalue weighted by molar-refractivity contribution is 0.151. The molecular weight excluding hydrogens is 294 g/mol. The Morgan fingerprint density at radius 1 is 1.33 bits per heavy atom. The summed E-state index contributed by atoms with van der Waals surface area (Å²) in [4.78, 5) is 2.46. The molecule has 0 radical (unpaired) electrons. The first-order chi connectivity index (χ1) is 6.75. The van der Waals surface area contributed by atoms with Crippen molar-refractivity contribution in [3.8, 4) is 0 Å². The van der Waals surface area contributed by atoms with Gasteiger partial charge in [-0.25, -0.2) is 22.2 Å². The molecule has 84 valence electrons. The molecule has 0 aliphatic heterocycles. The molecule has 0 aromatic carbocycles. The first-order valence-electron chi connectivity index (χ1n) is 3.32. The van der Waals surface area contributed by atoms with Crippen LogP contribution in [0.5, 0.6) is 0 Å². The highest BCUT2D eigenvalue weighted by molar-refractivity contribution is 8.14. The highest BCUT2D eigenvalue weighted by Gasteiger charge is 2.25. The van der Waals surface area contributed by atoms with Crippen molar-refractivity contribution >= 4 is 42.9 Å². The molecule has 0 fully saturated rings. The van der Waals surface area contributed by atoms with Gasteiger partial charge >= 0.3 is 0 Å². The minimum absolute atomic E-state index is 0.542. The van der Waals surface area contributed by atoms with Crippen LogP contribution in [0.2, 0.25) is 10.2 Å². The number of alkyl halides is 2. The zero-order valence-electron chi connectivity index (χ0n) is 6.72. The van der Waals surface area contributed by atoms with Crippen molar-refractivity contribution in [1.29, 1.82) is 0 Å². The standard InChI is InChI=1S/C6H2Cl3F2NO2S/c7-3-2(6(10)11)1-12-5(8)4(3)15(9,13)14/h1,6H. The van der Waals surface area contributed by atoms with Crippen LogP contribution in [0.3, 0.4) is 0 Å². The van der Waals surface area contributed by atoms with Crippen LogP contribution in [0.25, 0.3) is 0 Å². The number of aromatic nitrogens is 1. The normalized spacial score (nSPS) is 12.1. The number of hydrogen-bond donors (Lipinski definition) is 0. The van der Waals surface area contributed by atoms with E-state index >= 15 is 0 Å². The monoisotopic (exact) mass is 295 g/mol. The van der Waals surface area contributed by atoms with Gasteiger partial charge in [-0.15, -0.1) is 0 Å². The van der Waals surface area contributed by atoms with Gasteiger partial charge in [0.25, 0.3) is 15.5 Å². The minimum Gasteiger partial charge on any atom is -0.243 e. The van der Waals surface area contributed by atoms with Crippen LogP contribution in [0, 0.1) is 0 Å². The maximum atomic E-state index is 12.3.